The molecule has 0 amide bonds. The van der Waals surface area contributed by atoms with Gasteiger partial charge in [0, 0.05) is 12.5 Å². The van der Waals surface area contributed by atoms with Gasteiger partial charge in [0.2, 0.25) is 0 Å². The van der Waals surface area contributed by atoms with Gasteiger partial charge in [0.05, 0.1) is 0 Å². The molecule has 14 heavy (non-hydrogen) atoms. The monoisotopic (exact) mass is 191 g/mol. The van der Waals surface area contributed by atoms with Crippen LogP contribution in [0.5, 0.6) is 0 Å². The quantitative estimate of drug-likeness (QED) is 0.796. The Morgan fingerprint density at radius 1 is 1.43 bits per heavy atom. The van der Waals surface area contributed by atoms with Crippen molar-refractivity contribution in [1.82, 2.24) is 0 Å². The highest BCUT2D eigenvalue weighted by Crippen LogP contribution is 2.19. The van der Waals surface area contributed by atoms with E-state index < -0.39 is 0 Å². The lowest BCUT2D eigenvalue weighted by Crippen LogP contribution is -2.15. The molecule has 0 spiro atoms. The van der Waals surface area contributed by atoms with Crippen LogP contribution in [0.25, 0.3) is 0 Å². The van der Waals surface area contributed by atoms with Crippen molar-refractivity contribution in [3.63, 3.8) is 0 Å². The summed E-state index contributed by atoms with van der Waals surface area (Å²) in [5, 5.41) is 0. The zero-order valence-corrected chi connectivity index (χ0v) is 9.00. The van der Waals surface area contributed by atoms with Gasteiger partial charge in [0.1, 0.15) is 5.78 Å². The van der Waals surface area contributed by atoms with Crippen LogP contribution in [0.2, 0.25) is 0 Å². The van der Waals surface area contributed by atoms with E-state index in [2.05, 4.69) is 12.1 Å². The van der Waals surface area contributed by atoms with E-state index in [9.17, 15) is 4.79 Å². The zero-order chi connectivity index (χ0) is 10.7. The molecule has 1 aromatic carbocycles. The molecule has 0 saturated carbocycles. The van der Waals surface area contributed by atoms with E-state index >= 15 is 0 Å². The fourth-order valence-corrected chi connectivity index (χ4v) is 1.58. The summed E-state index contributed by atoms with van der Waals surface area (Å²) in [6, 6.07) is 6.00. The number of ketones is 1. The first-order valence-electron chi connectivity index (χ1n) is 4.83. The Labute approximate surface area is 85.1 Å². The average Bonchev–Trinajstić information content (AvgIpc) is 2.08. The molecule has 0 heterocycles. The van der Waals surface area contributed by atoms with Gasteiger partial charge in [-0.2, -0.15) is 0 Å². The van der Waals surface area contributed by atoms with Crippen molar-refractivity contribution in [2.75, 3.05) is 0 Å². The minimum atomic E-state index is -0.160. The van der Waals surface area contributed by atoms with Gasteiger partial charge >= 0.3 is 0 Å². The van der Waals surface area contributed by atoms with Crippen LogP contribution >= 0.6 is 0 Å². The lowest BCUT2D eigenvalue weighted by Gasteiger charge is -2.13. The number of hydrogen-bond acceptors (Lipinski definition) is 2. The predicted molar refractivity (Wildman–Crippen MR) is 58.1 cm³/mol. The largest absolute Gasteiger partial charge is 0.324 e. The number of Topliss-reactive ketones (excluding diaryl/α,β-unsaturated/α-hetero) is 1. The second-order valence-electron chi connectivity index (χ2n) is 3.87. The number of rotatable bonds is 3. The molecule has 0 radical (unpaired) electrons. The van der Waals surface area contributed by atoms with Crippen LogP contribution in [0, 0.1) is 13.8 Å². The molecule has 0 fully saturated rings. The normalized spacial score (nSPS) is 12.6. The fourth-order valence-electron chi connectivity index (χ4n) is 1.58. The molecule has 2 nitrogen and oxygen atoms in total. The van der Waals surface area contributed by atoms with Gasteiger partial charge in [0.25, 0.3) is 0 Å². The molecular weight excluding hydrogens is 174 g/mol. The van der Waals surface area contributed by atoms with Crippen molar-refractivity contribution >= 4 is 5.78 Å². The van der Waals surface area contributed by atoms with E-state index in [1.807, 2.05) is 19.9 Å². The van der Waals surface area contributed by atoms with Crippen molar-refractivity contribution in [3.8, 4) is 0 Å². The van der Waals surface area contributed by atoms with E-state index in [0.29, 0.717) is 6.42 Å². The Hall–Kier alpha value is -1.15. The Morgan fingerprint density at radius 2 is 2.07 bits per heavy atom. The van der Waals surface area contributed by atoms with Gasteiger partial charge in [-0.05, 0) is 31.9 Å². The molecule has 0 aliphatic carbocycles. The third kappa shape index (κ3) is 2.67. The molecule has 0 aromatic heterocycles. The molecule has 0 aliphatic rings. The lowest BCUT2D eigenvalue weighted by molar-refractivity contribution is -0.117. The molecule has 76 valence electrons. The Balaban J connectivity index is 2.93. The van der Waals surface area contributed by atoms with Gasteiger partial charge in [-0.15, -0.1) is 0 Å². The molecule has 1 aromatic rings. The van der Waals surface area contributed by atoms with Gasteiger partial charge < -0.3 is 5.73 Å². The van der Waals surface area contributed by atoms with E-state index in [0.717, 1.165) is 11.1 Å². The molecule has 0 saturated heterocycles. The average molecular weight is 191 g/mol. The highest BCUT2D eigenvalue weighted by atomic mass is 16.1. The van der Waals surface area contributed by atoms with Crippen molar-refractivity contribution in [1.29, 1.82) is 0 Å². The SMILES string of the molecule is CC(=O)CC(N)c1cc(C)ccc1C. The number of benzene rings is 1. The smallest absolute Gasteiger partial charge is 0.131 e. The third-order valence-electron chi connectivity index (χ3n) is 2.34. The third-order valence-corrected chi connectivity index (χ3v) is 2.34. The summed E-state index contributed by atoms with van der Waals surface area (Å²) in [4.78, 5) is 10.9. The van der Waals surface area contributed by atoms with Crippen LogP contribution in [0.1, 0.15) is 36.1 Å². The molecule has 1 atom stereocenters. The molecule has 0 aliphatic heterocycles. The van der Waals surface area contributed by atoms with Gasteiger partial charge in [-0.3, -0.25) is 4.79 Å². The summed E-state index contributed by atoms with van der Waals surface area (Å²) in [5.74, 6) is 0.137. The fraction of sp³-hybridized carbons (Fsp3) is 0.417. The lowest BCUT2D eigenvalue weighted by atomic mass is 9.96. The van der Waals surface area contributed by atoms with Crippen LogP contribution in [0.15, 0.2) is 18.2 Å². The van der Waals surface area contributed by atoms with Crippen LogP contribution in [0.4, 0.5) is 0 Å². The zero-order valence-electron chi connectivity index (χ0n) is 9.00. The minimum absolute atomic E-state index is 0.137. The van der Waals surface area contributed by atoms with Crippen molar-refractivity contribution in [2.24, 2.45) is 5.73 Å². The van der Waals surface area contributed by atoms with E-state index in [1.54, 1.807) is 6.92 Å². The molecule has 1 unspecified atom stereocenters. The van der Waals surface area contributed by atoms with Crippen molar-refractivity contribution in [2.45, 2.75) is 33.2 Å². The van der Waals surface area contributed by atoms with E-state index in [1.165, 1.54) is 5.56 Å². The number of nitrogens with two attached hydrogens (primary N) is 1. The van der Waals surface area contributed by atoms with Crippen molar-refractivity contribution < 1.29 is 4.79 Å². The first kappa shape index (κ1) is 10.9. The summed E-state index contributed by atoms with van der Waals surface area (Å²) in [6.07, 6.45) is 0.421. The predicted octanol–water partition coefficient (Wildman–Crippen LogP) is 2.28. The Kier molecular flexibility index (Phi) is 3.42. The van der Waals surface area contributed by atoms with E-state index in [4.69, 9.17) is 5.73 Å². The molecule has 2 N–H and O–H groups in total. The van der Waals surface area contributed by atoms with E-state index in [-0.39, 0.29) is 11.8 Å². The van der Waals surface area contributed by atoms with Crippen LogP contribution < -0.4 is 5.73 Å². The Morgan fingerprint density at radius 3 is 2.64 bits per heavy atom. The summed E-state index contributed by atoms with van der Waals surface area (Å²) in [6.45, 7) is 5.63. The van der Waals surface area contributed by atoms with Crippen LogP contribution in [-0.4, -0.2) is 5.78 Å². The highest BCUT2D eigenvalue weighted by Gasteiger charge is 2.10. The second-order valence-corrected chi connectivity index (χ2v) is 3.87. The molecule has 1 rings (SSSR count). The van der Waals surface area contributed by atoms with Crippen molar-refractivity contribution in [3.05, 3.63) is 34.9 Å². The number of hydrogen-bond donors (Lipinski definition) is 1. The molecular formula is C12H17NO. The number of carbonyl (C=O) groups is 1. The van der Waals surface area contributed by atoms with Gasteiger partial charge in [-0.1, -0.05) is 23.8 Å². The maximum absolute atomic E-state index is 10.9. The van der Waals surface area contributed by atoms with Gasteiger partial charge in [-0.25, -0.2) is 0 Å². The maximum Gasteiger partial charge on any atom is 0.131 e. The first-order chi connectivity index (χ1) is 6.50. The Bertz CT molecular complexity index is 344. The number of carbonyl (C=O) groups excluding carboxylic acids is 1. The summed E-state index contributed by atoms with van der Waals surface area (Å²) >= 11 is 0. The maximum atomic E-state index is 10.9. The molecule has 2 heteroatoms. The highest BCUT2D eigenvalue weighted by molar-refractivity contribution is 5.76. The van der Waals surface area contributed by atoms with Gasteiger partial charge in [0.15, 0.2) is 0 Å². The summed E-state index contributed by atoms with van der Waals surface area (Å²) in [5.41, 5.74) is 9.37. The topological polar surface area (TPSA) is 43.1 Å². The standard InChI is InChI=1S/C12H17NO/c1-8-4-5-9(2)11(6-8)12(13)7-10(3)14/h4-6,12H,7,13H2,1-3H3. The number of aryl methyl sites for hydroxylation is 2. The summed E-state index contributed by atoms with van der Waals surface area (Å²) in [7, 11) is 0. The molecule has 0 bridgehead atoms. The van der Waals surface area contributed by atoms with Crippen LogP contribution in [0.3, 0.4) is 0 Å². The second kappa shape index (κ2) is 4.38. The van der Waals surface area contributed by atoms with Crippen LogP contribution in [-0.2, 0) is 4.79 Å². The first-order valence-corrected chi connectivity index (χ1v) is 4.83. The minimum Gasteiger partial charge on any atom is -0.324 e. The summed E-state index contributed by atoms with van der Waals surface area (Å²) < 4.78 is 0.